The van der Waals surface area contributed by atoms with Crippen LogP contribution in [0, 0.1) is 6.92 Å². The van der Waals surface area contributed by atoms with Gasteiger partial charge in [0.05, 0.1) is 5.52 Å². The molecule has 0 radical (unpaired) electrons. The zero-order valence-electron chi connectivity index (χ0n) is 13.3. The molecule has 0 fully saturated rings. The molecular formula is C22H19N. The lowest BCUT2D eigenvalue weighted by atomic mass is 9.85. The van der Waals surface area contributed by atoms with Gasteiger partial charge in [0.2, 0.25) is 0 Å². The van der Waals surface area contributed by atoms with Crippen molar-refractivity contribution in [2.75, 3.05) is 0 Å². The summed E-state index contributed by atoms with van der Waals surface area (Å²) < 4.78 is 2.52. The predicted molar refractivity (Wildman–Crippen MR) is 97.1 cm³/mol. The average molecular weight is 297 g/mol. The summed E-state index contributed by atoms with van der Waals surface area (Å²) in [6, 6.07) is 24.7. The highest BCUT2D eigenvalue weighted by molar-refractivity contribution is 6.09. The molecule has 0 saturated carbocycles. The summed E-state index contributed by atoms with van der Waals surface area (Å²) in [4.78, 5) is 0. The molecule has 1 aliphatic rings. The Kier molecular flexibility index (Phi) is 2.66. The van der Waals surface area contributed by atoms with Crippen LogP contribution in [0.15, 0.2) is 66.7 Å². The van der Waals surface area contributed by atoms with Crippen LogP contribution < -0.4 is 0 Å². The second kappa shape index (κ2) is 4.73. The summed E-state index contributed by atoms with van der Waals surface area (Å²) in [6.07, 6.45) is 1.17. The topological polar surface area (TPSA) is 4.93 Å². The van der Waals surface area contributed by atoms with Crippen LogP contribution in [0.5, 0.6) is 0 Å². The largest absolute Gasteiger partial charge is 0.340 e. The third kappa shape index (κ3) is 1.80. The van der Waals surface area contributed by atoms with Gasteiger partial charge < -0.3 is 4.57 Å². The summed E-state index contributed by atoms with van der Waals surface area (Å²) in [5.41, 5.74) is 7.06. The Morgan fingerprint density at radius 3 is 2.48 bits per heavy atom. The molecule has 1 nitrogen and oxygen atoms in total. The second-order valence-electron chi connectivity index (χ2n) is 6.66. The molecule has 1 heteroatoms. The lowest BCUT2D eigenvalue weighted by molar-refractivity contribution is 0.594. The van der Waals surface area contributed by atoms with Gasteiger partial charge >= 0.3 is 0 Å². The number of aryl methyl sites for hydroxylation is 2. The smallest absolute Gasteiger partial charge is 0.0530 e. The number of para-hydroxylation sites is 2. The minimum Gasteiger partial charge on any atom is -0.340 e. The number of hydrogen-bond acceptors (Lipinski definition) is 0. The molecule has 1 aromatic heterocycles. The first-order valence-electron chi connectivity index (χ1n) is 8.39. The molecule has 3 aromatic carbocycles. The number of rotatable bonds is 1. The van der Waals surface area contributed by atoms with E-state index in [1.165, 1.54) is 44.9 Å². The fourth-order valence-corrected chi connectivity index (χ4v) is 4.21. The predicted octanol–water partition coefficient (Wildman–Crippen LogP) is 5.64. The molecule has 1 aliphatic heterocycles. The van der Waals surface area contributed by atoms with E-state index in [1.54, 1.807) is 0 Å². The lowest BCUT2D eigenvalue weighted by Gasteiger charge is -2.26. The molecule has 0 bridgehead atoms. The molecule has 0 spiro atoms. The van der Waals surface area contributed by atoms with Gasteiger partial charge in [0.1, 0.15) is 0 Å². The maximum atomic E-state index is 2.52. The van der Waals surface area contributed by atoms with E-state index < -0.39 is 0 Å². The van der Waals surface area contributed by atoms with Crippen molar-refractivity contribution in [1.29, 1.82) is 0 Å². The molecule has 1 atom stereocenters. The fraction of sp³-hybridized carbons (Fsp3) is 0.182. The third-order valence-electron chi connectivity index (χ3n) is 5.32. The van der Waals surface area contributed by atoms with E-state index in [-0.39, 0.29) is 0 Å². The van der Waals surface area contributed by atoms with Crippen molar-refractivity contribution in [3.63, 3.8) is 0 Å². The number of fused-ring (bicyclic) bond motifs is 3. The average Bonchev–Trinajstić information content (AvgIpc) is 2.93. The van der Waals surface area contributed by atoms with E-state index in [2.05, 4.69) is 78.2 Å². The molecule has 0 N–H and O–H groups in total. The molecule has 0 amide bonds. The number of benzene rings is 3. The van der Waals surface area contributed by atoms with E-state index in [0.717, 1.165) is 6.54 Å². The molecule has 112 valence electrons. The highest BCUT2D eigenvalue weighted by Crippen LogP contribution is 2.41. The maximum absolute atomic E-state index is 2.52. The Morgan fingerprint density at radius 2 is 1.61 bits per heavy atom. The first kappa shape index (κ1) is 13.0. The van der Waals surface area contributed by atoms with Crippen molar-refractivity contribution in [3.05, 3.63) is 83.4 Å². The summed E-state index contributed by atoms with van der Waals surface area (Å²) in [5, 5.41) is 2.78. The maximum Gasteiger partial charge on any atom is 0.0530 e. The van der Waals surface area contributed by atoms with Gasteiger partial charge in [0.25, 0.3) is 0 Å². The standard InChI is InChI=1S/C22H19N/c1-15-9-11-16(12-10-15)17-13-14-23-21-8-3-2-5-18(21)20-7-4-6-19(17)22(20)23/h2-12,17H,13-14H2,1H3. The lowest BCUT2D eigenvalue weighted by Crippen LogP contribution is -2.14. The highest BCUT2D eigenvalue weighted by Gasteiger charge is 2.25. The van der Waals surface area contributed by atoms with Crippen LogP contribution in [0.2, 0.25) is 0 Å². The summed E-state index contributed by atoms with van der Waals surface area (Å²) >= 11 is 0. The van der Waals surface area contributed by atoms with E-state index in [1.807, 2.05) is 0 Å². The first-order valence-corrected chi connectivity index (χ1v) is 8.39. The Hall–Kier alpha value is -2.54. The zero-order valence-corrected chi connectivity index (χ0v) is 13.3. The minimum atomic E-state index is 0.510. The third-order valence-corrected chi connectivity index (χ3v) is 5.32. The summed E-state index contributed by atoms with van der Waals surface area (Å²) in [6.45, 7) is 3.25. The quantitative estimate of drug-likeness (QED) is 0.428. The van der Waals surface area contributed by atoms with Crippen LogP contribution in [0.4, 0.5) is 0 Å². The summed E-state index contributed by atoms with van der Waals surface area (Å²) in [7, 11) is 0. The van der Waals surface area contributed by atoms with Crippen molar-refractivity contribution < 1.29 is 0 Å². The van der Waals surface area contributed by atoms with Crippen LogP contribution in [-0.2, 0) is 6.54 Å². The van der Waals surface area contributed by atoms with Gasteiger partial charge in [-0.05, 0) is 30.5 Å². The van der Waals surface area contributed by atoms with Crippen LogP contribution >= 0.6 is 0 Å². The van der Waals surface area contributed by atoms with Gasteiger partial charge in [-0.15, -0.1) is 0 Å². The van der Waals surface area contributed by atoms with Crippen LogP contribution in [0.3, 0.4) is 0 Å². The van der Waals surface area contributed by atoms with Crippen LogP contribution in [-0.4, -0.2) is 4.57 Å². The van der Waals surface area contributed by atoms with Gasteiger partial charge in [-0.1, -0.05) is 66.2 Å². The Bertz CT molecular complexity index is 1020. The van der Waals surface area contributed by atoms with Gasteiger partial charge in [-0.25, -0.2) is 0 Å². The number of aromatic nitrogens is 1. The summed E-state index contributed by atoms with van der Waals surface area (Å²) in [5.74, 6) is 0.510. The normalized spacial score (nSPS) is 17.0. The van der Waals surface area contributed by atoms with Crippen LogP contribution in [0.1, 0.15) is 29.0 Å². The zero-order chi connectivity index (χ0) is 15.4. The molecule has 23 heavy (non-hydrogen) atoms. The minimum absolute atomic E-state index is 0.510. The van der Waals surface area contributed by atoms with Crippen molar-refractivity contribution in [3.8, 4) is 0 Å². The van der Waals surface area contributed by atoms with Gasteiger partial charge in [0, 0.05) is 28.8 Å². The van der Waals surface area contributed by atoms with Gasteiger partial charge in [-0.3, -0.25) is 0 Å². The number of hydrogen-bond donors (Lipinski definition) is 0. The molecule has 5 rings (SSSR count). The Labute approximate surface area is 136 Å². The fourth-order valence-electron chi connectivity index (χ4n) is 4.21. The molecular weight excluding hydrogens is 278 g/mol. The molecule has 2 heterocycles. The van der Waals surface area contributed by atoms with Crippen LogP contribution in [0.25, 0.3) is 21.8 Å². The first-order chi connectivity index (χ1) is 11.3. The SMILES string of the molecule is Cc1ccc(C2CCn3c4ccccc4c4cccc2c43)cc1. The van der Waals surface area contributed by atoms with Crippen molar-refractivity contribution in [2.24, 2.45) is 0 Å². The van der Waals surface area contributed by atoms with Gasteiger partial charge in [0.15, 0.2) is 0 Å². The Balaban J connectivity index is 1.81. The van der Waals surface area contributed by atoms with E-state index in [4.69, 9.17) is 0 Å². The Morgan fingerprint density at radius 1 is 0.826 bits per heavy atom. The molecule has 4 aromatic rings. The molecule has 0 aliphatic carbocycles. The van der Waals surface area contributed by atoms with E-state index in [0.29, 0.717) is 5.92 Å². The van der Waals surface area contributed by atoms with E-state index in [9.17, 15) is 0 Å². The van der Waals surface area contributed by atoms with E-state index >= 15 is 0 Å². The monoisotopic (exact) mass is 297 g/mol. The molecule has 0 saturated heterocycles. The molecule has 1 unspecified atom stereocenters. The van der Waals surface area contributed by atoms with Gasteiger partial charge in [-0.2, -0.15) is 0 Å². The van der Waals surface area contributed by atoms with Crippen molar-refractivity contribution in [1.82, 2.24) is 4.57 Å². The van der Waals surface area contributed by atoms with Crippen molar-refractivity contribution >= 4 is 21.8 Å². The number of nitrogens with zero attached hydrogens (tertiary/aromatic N) is 1. The highest BCUT2D eigenvalue weighted by atomic mass is 15.0. The second-order valence-corrected chi connectivity index (χ2v) is 6.66. The van der Waals surface area contributed by atoms with Crippen molar-refractivity contribution in [2.45, 2.75) is 25.8 Å².